The molecule has 9 heteroatoms. The van der Waals surface area contributed by atoms with Gasteiger partial charge in [0.2, 0.25) is 15.9 Å². The van der Waals surface area contributed by atoms with Gasteiger partial charge in [-0.1, -0.05) is 6.07 Å². The average molecular weight is 323 g/mol. The van der Waals surface area contributed by atoms with Crippen molar-refractivity contribution in [3.05, 3.63) is 29.3 Å². The van der Waals surface area contributed by atoms with Gasteiger partial charge < -0.3 is 4.90 Å². The van der Waals surface area contributed by atoms with E-state index >= 15 is 0 Å². The molecule has 3 rings (SSSR count). The number of hydrogen-bond acceptors (Lipinski definition) is 5. The van der Waals surface area contributed by atoms with Crippen LogP contribution in [-0.4, -0.2) is 38.4 Å². The zero-order valence-electron chi connectivity index (χ0n) is 11.4. The average Bonchev–Trinajstić information content (AvgIpc) is 2.89. The van der Waals surface area contributed by atoms with Crippen LogP contribution < -0.4 is 15.4 Å². The summed E-state index contributed by atoms with van der Waals surface area (Å²) in [6.07, 6.45) is 0.0374. The van der Waals surface area contributed by atoms with Gasteiger partial charge in [0.15, 0.2) is 0 Å². The van der Waals surface area contributed by atoms with Crippen molar-refractivity contribution in [1.29, 1.82) is 0 Å². The minimum atomic E-state index is -3.68. The molecule has 1 fully saturated rings. The number of benzene rings is 1. The van der Waals surface area contributed by atoms with Crippen molar-refractivity contribution in [2.24, 2.45) is 11.1 Å². The van der Waals surface area contributed by atoms with Gasteiger partial charge in [-0.15, -0.1) is 0 Å². The van der Waals surface area contributed by atoms with Crippen molar-refractivity contribution < 1.29 is 22.8 Å². The van der Waals surface area contributed by atoms with E-state index in [4.69, 9.17) is 5.14 Å². The number of primary sulfonamides is 1. The molecule has 1 aromatic carbocycles. The number of imide groups is 1. The quantitative estimate of drug-likeness (QED) is 0.705. The number of carbonyl (C=O) groups excluding carboxylic acids is 3. The van der Waals surface area contributed by atoms with Crippen LogP contribution in [0.1, 0.15) is 27.1 Å². The smallest absolute Gasteiger partial charge is 0.261 e. The summed E-state index contributed by atoms with van der Waals surface area (Å²) in [6.45, 7) is 0.146. The number of amides is 3. The van der Waals surface area contributed by atoms with Gasteiger partial charge in [-0.25, -0.2) is 13.6 Å². The molecule has 2 aliphatic rings. The number of anilines is 1. The molecule has 1 aromatic rings. The Morgan fingerprint density at radius 2 is 1.95 bits per heavy atom. The second-order valence-corrected chi connectivity index (χ2v) is 7.05. The van der Waals surface area contributed by atoms with Crippen molar-refractivity contribution in [2.75, 3.05) is 17.2 Å². The molecule has 1 atom stereocenters. The number of fused-ring (bicyclic) bond motifs is 1. The molecular formula is C13H13N3O5S. The number of carbonyl (C=O) groups is 3. The van der Waals surface area contributed by atoms with Crippen LogP contribution >= 0.6 is 0 Å². The fraction of sp³-hybridized carbons (Fsp3) is 0.308. The molecule has 0 aromatic heterocycles. The molecule has 116 valence electrons. The number of sulfonamides is 1. The lowest BCUT2D eigenvalue weighted by Crippen LogP contribution is -2.29. The Morgan fingerprint density at radius 3 is 2.64 bits per heavy atom. The molecule has 3 N–H and O–H groups in total. The molecular weight excluding hydrogens is 310 g/mol. The summed E-state index contributed by atoms with van der Waals surface area (Å²) in [5, 5.41) is 7.19. The van der Waals surface area contributed by atoms with Crippen LogP contribution in [0.3, 0.4) is 0 Å². The van der Waals surface area contributed by atoms with Crippen LogP contribution in [0.2, 0.25) is 0 Å². The minimum Gasteiger partial charge on any atom is -0.311 e. The predicted octanol–water partition coefficient (Wildman–Crippen LogP) is -0.788. The van der Waals surface area contributed by atoms with E-state index in [0.717, 1.165) is 0 Å². The fourth-order valence-electron chi connectivity index (χ4n) is 2.88. The van der Waals surface area contributed by atoms with Crippen LogP contribution in [0, 0.1) is 5.92 Å². The van der Waals surface area contributed by atoms with Gasteiger partial charge >= 0.3 is 0 Å². The second-order valence-electron chi connectivity index (χ2n) is 5.39. The Labute approximate surface area is 126 Å². The van der Waals surface area contributed by atoms with E-state index in [-0.39, 0.29) is 35.8 Å². The minimum absolute atomic E-state index is 0.0374. The van der Waals surface area contributed by atoms with E-state index in [9.17, 15) is 22.8 Å². The summed E-state index contributed by atoms with van der Waals surface area (Å²) in [7, 11) is -3.68. The van der Waals surface area contributed by atoms with Gasteiger partial charge in [0.05, 0.1) is 22.6 Å². The maximum atomic E-state index is 12.1. The molecule has 22 heavy (non-hydrogen) atoms. The predicted molar refractivity (Wildman–Crippen MR) is 76.7 cm³/mol. The first-order valence-electron chi connectivity index (χ1n) is 6.56. The van der Waals surface area contributed by atoms with Gasteiger partial charge in [-0.05, 0) is 12.1 Å². The van der Waals surface area contributed by atoms with Crippen molar-refractivity contribution in [2.45, 2.75) is 6.42 Å². The SMILES string of the molecule is NS(=O)(=O)CC1CC(=O)N(c2cccc3c2C(=O)NC3=O)C1. The highest BCUT2D eigenvalue weighted by Gasteiger charge is 2.37. The summed E-state index contributed by atoms with van der Waals surface area (Å²) < 4.78 is 22.3. The maximum absolute atomic E-state index is 12.1. The molecule has 0 spiro atoms. The van der Waals surface area contributed by atoms with Crippen molar-refractivity contribution in [3.8, 4) is 0 Å². The number of rotatable bonds is 3. The van der Waals surface area contributed by atoms with E-state index in [1.807, 2.05) is 0 Å². The van der Waals surface area contributed by atoms with E-state index in [1.54, 1.807) is 12.1 Å². The largest absolute Gasteiger partial charge is 0.311 e. The first kappa shape index (κ1) is 14.7. The van der Waals surface area contributed by atoms with Gasteiger partial charge in [0.1, 0.15) is 0 Å². The van der Waals surface area contributed by atoms with Crippen molar-refractivity contribution in [3.63, 3.8) is 0 Å². The second kappa shape index (κ2) is 4.89. The Bertz CT molecular complexity index is 802. The van der Waals surface area contributed by atoms with E-state index in [1.165, 1.54) is 11.0 Å². The maximum Gasteiger partial charge on any atom is 0.261 e. The summed E-state index contributed by atoms with van der Waals surface area (Å²) >= 11 is 0. The third kappa shape index (κ3) is 2.48. The Kier molecular flexibility index (Phi) is 3.26. The molecule has 1 saturated heterocycles. The third-order valence-electron chi connectivity index (χ3n) is 3.71. The molecule has 1 unspecified atom stereocenters. The lowest BCUT2D eigenvalue weighted by molar-refractivity contribution is -0.117. The Morgan fingerprint density at radius 1 is 1.23 bits per heavy atom. The fourth-order valence-corrected chi connectivity index (χ4v) is 3.76. The number of nitrogens with zero attached hydrogens (tertiary/aromatic N) is 1. The van der Waals surface area contributed by atoms with Crippen LogP contribution in [0.5, 0.6) is 0 Å². The summed E-state index contributed by atoms with van der Waals surface area (Å²) in [5.74, 6) is -2.09. The van der Waals surface area contributed by atoms with Crippen LogP contribution in [0.4, 0.5) is 5.69 Å². The standard InChI is InChI=1S/C13H13N3O5S/c14-22(20,21)6-7-4-10(17)16(5-7)9-3-1-2-8-11(9)13(19)15-12(8)18/h1-3,7H,4-6H2,(H2,14,20,21)(H,15,18,19). The Balaban J connectivity index is 1.95. The number of nitrogens with two attached hydrogens (primary N) is 1. The third-order valence-corrected chi connectivity index (χ3v) is 4.64. The number of hydrogen-bond donors (Lipinski definition) is 2. The monoisotopic (exact) mass is 323 g/mol. The van der Waals surface area contributed by atoms with Gasteiger partial charge in [0.25, 0.3) is 11.8 Å². The molecule has 2 aliphatic heterocycles. The molecule has 0 radical (unpaired) electrons. The van der Waals surface area contributed by atoms with Crippen molar-refractivity contribution >= 4 is 33.4 Å². The first-order chi connectivity index (χ1) is 10.3. The molecule has 0 bridgehead atoms. The van der Waals surface area contributed by atoms with Gasteiger partial charge in [-0.2, -0.15) is 0 Å². The zero-order chi connectivity index (χ0) is 16.1. The summed E-state index contributed by atoms with van der Waals surface area (Å²) in [6, 6.07) is 4.64. The topological polar surface area (TPSA) is 127 Å². The highest BCUT2D eigenvalue weighted by molar-refractivity contribution is 7.89. The molecule has 2 heterocycles. The zero-order valence-corrected chi connectivity index (χ0v) is 12.2. The van der Waals surface area contributed by atoms with Crippen LogP contribution in [0.15, 0.2) is 18.2 Å². The molecule has 0 aliphatic carbocycles. The molecule has 8 nitrogen and oxygen atoms in total. The van der Waals surface area contributed by atoms with Gasteiger partial charge in [-0.3, -0.25) is 19.7 Å². The van der Waals surface area contributed by atoms with Gasteiger partial charge in [0, 0.05) is 18.9 Å². The highest BCUT2D eigenvalue weighted by Crippen LogP contribution is 2.32. The Hall–Kier alpha value is -2.26. The first-order valence-corrected chi connectivity index (χ1v) is 8.27. The van der Waals surface area contributed by atoms with Crippen molar-refractivity contribution in [1.82, 2.24) is 5.32 Å². The molecule has 3 amide bonds. The van der Waals surface area contributed by atoms with Crippen LogP contribution in [-0.2, 0) is 14.8 Å². The van der Waals surface area contributed by atoms with E-state index < -0.39 is 27.8 Å². The van der Waals surface area contributed by atoms with E-state index in [0.29, 0.717) is 5.69 Å². The summed E-state index contributed by atoms with van der Waals surface area (Å²) in [5.41, 5.74) is 0.685. The number of nitrogens with one attached hydrogen (secondary N) is 1. The van der Waals surface area contributed by atoms with Crippen LogP contribution in [0.25, 0.3) is 0 Å². The summed E-state index contributed by atoms with van der Waals surface area (Å²) in [4.78, 5) is 37.0. The van der Waals surface area contributed by atoms with E-state index in [2.05, 4.69) is 5.32 Å². The highest BCUT2D eigenvalue weighted by atomic mass is 32.2. The normalized spacial score (nSPS) is 21.2. The lowest BCUT2D eigenvalue weighted by atomic mass is 10.1. The lowest BCUT2D eigenvalue weighted by Gasteiger charge is -2.18. The molecule has 0 saturated carbocycles.